The smallest absolute Gasteiger partial charge is 0.0624 e. The number of hydrogen-bond acceptors (Lipinski definition) is 3. The molecule has 1 fully saturated rings. The van der Waals surface area contributed by atoms with Crippen molar-refractivity contribution in [3.63, 3.8) is 0 Å². The fraction of sp³-hybridized carbons (Fsp3) is 0.600. The van der Waals surface area contributed by atoms with Crippen molar-refractivity contribution in [1.29, 1.82) is 0 Å². The van der Waals surface area contributed by atoms with E-state index in [2.05, 4.69) is 47.9 Å². The summed E-state index contributed by atoms with van der Waals surface area (Å²) in [7, 11) is 0. The Morgan fingerprint density at radius 2 is 2.28 bits per heavy atom. The van der Waals surface area contributed by atoms with Crippen LogP contribution in [-0.2, 0) is 6.42 Å². The molecule has 0 saturated carbocycles. The van der Waals surface area contributed by atoms with E-state index in [1.807, 2.05) is 0 Å². The van der Waals surface area contributed by atoms with Crippen LogP contribution in [0.1, 0.15) is 25.3 Å². The van der Waals surface area contributed by atoms with E-state index in [0.717, 1.165) is 11.8 Å². The minimum Gasteiger partial charge on any atom is -0.363 e. The molecule has 2 aliphatic heterocycles. The standard InChI is InChI=1S/C15H22N2S/c1-12-9-15(10-16,11-18-12)17-8-4-6-13-5-2-3-7-14(13)17/h2-3,5,7,12H,4,6,8-11,16H2,1H3. The van der Waals surface area contributed by atoms with E-state index < -0.39 is 0 Å². The Morgan fingerprint density at radius 3 is 3.00 bits per heavy atom. The quantitative estimate of drug-likeness (QED) is 0.888. The van der Waals surface area contributed by atoms with Gasteiger partial charge in [-0.3, -0.25) is 0 Å². The Balaban J connectivity index is 1.97. The first-order valence-electron chi connectivity index (χ1n) is 6.92. The van der Waals surface area contributed by atoms with Crippen LogP contribution in [0.25, 0.3) is 0 Å². The molecule has 98 valence electrons. The number of rotatable bonds is 2. The molecule has 0 bridgehead atoms. The van der Waals surface area contributed by atoms with Gasteiger partial charge >= 0.3 is 0 Å². The van der Waals surface area contributed by atoms with Gasteiger partial charge in [-0.05, 0) is 30.9 Å². The number of benzene rings is 1. The summed E-state index contributed by atoms with van der Waals surface area (Å²) >= 11 is 2.08. The van der Waals surface area contributed by atoms with Crippen molar-refractivity contribution < 1.29 is 0 Å². The molecule has 2 aliphatic rings. The highest BCUT2D eigenvalue weighted by Crippen LogP contribution is 2.42. The summed E-state index contributed by atoms with van der Waals surface area (Å²) < 4.78 is 0. The van der Waals surface area contributed by atoms with Crippen molar-refractivity contribution in [3.05, 3.63) is 29.8 Å². The van der Waals surface area contributed by atoms with E-state index in [9.17, 15) is 0 Å². The largest absolute Gasteiger partial charge is 0.363 e. The van der Waals surface area contributed by atoms with Gasteiger partial charge in [0.25, 0.3) is 0 Å². The Hall–Kier alpha value is -0.670. The summed E-state index contributed by atoms with van der Waals surface area (Å²) in [5, 5.41) is 0.739. The monoisotopic (exact) mass is 262 g/mol. The molecule has 0 radical (unpaired) electrons. The van der Waals surface area contributed by atoms with Crippen molar-refractivity contribution in [2.75, 3.05) is 23.7 Å². The normalized spacial score (nSPS) is 31.4. The average molecular weight is 262 g/mol. The number of fused-ring (bicyclic) bond motifs is 1. The highest BCUT2D eigenvalue weighted by molar-refractivity contribution is 8.00. The van der Waals surface area contributed by atoms with Gasteiger partial charge in [0.05, 0.1) is 5.54 Å². The maximum atomic E-state index is 6.16. The molecule has 2 unspecified atom stereocenters. The van der Waals surface area contributed by atoms with Crippen LogP contribution in [0.5, 0.6) is 0 Å². The Kier molecular flexibility index (Phi) is 3.29. The molecule has 1 aromatic carbocycles. The second kappa shape index (κ2) is 4.78. The van der Waals surface area contributed by atoms with Crippen LogP contribution in [0.3, 0.4) is 0 Å². The Labute approximate surface area is 114 Å². The summed E-state index contributed by atoms with van der Waals surface area (Å²) in [4.78, 5) is 2.61. The van der Waals surface area contributed by atoms with Crippen LogP contribution in [0.4, 0.5) is 5.69 Å². The maximum Gasteiger partial charge on any atom is 0.0624 e. The lowest BCUT2D eigenvalue weighted by molar-refractivity contribution is 0.412. The SMILES string of the molecule is CC1CC(CN)(N2CCCc3ccccc32)CS1. The highest BCUT2D eigenvalue weighted by atomic mass is 32.2. The molecule has 3 rings (SSSR count). The van der Waals surface area contributed by atoms with Gasteiger partial charge in [-0.1, -0.05) is 25.1 Å². The second-order valence-corrected chi connectivity index (χ2v) is 7.06. The Bertz CT molecular complexity index is 434. The van der Waals surface area contributed by atoms with Crippen molar-refractivity contribution >= 4 is 17.4 Å². The first kappa shape index (κ1) is 12.4. The molecule has 2 nitrogen and oxygen atoms in total. The molecular weight excluding hydrogens is 240 g/mol. The fourth-order valence-electron chi connectivity index (χ4n) is 3.42. The molecule has 2 atom stereocenters. The van der Waals surface area contributed by atoms with Crippen molar-refractivity contribution in [2.45, 2.75) is 37.0 Å². The van der Waals surface area contributed by atoms with E-state index in [-0.39, 0.29) is 5.54 Å². The lowest BCUT2D eigenvalue weighted by Crippen LogP contribution is -2.56. The van der Waals surface area contributed by atoms with E-state index in [1.165, 1.54) is 42.8 Å². The third-order valence-corrected chi connectivity index (χ3v) is 5.81. The predicted molar refractivity (Wildman–Crippen MR) is 80.4 cm³/mol. The zero-order valence-electron chi connectivity index (χ0n) is 11.1. The first-order valence-corrected chi connectivity index (χ1v) is 7.97. The molecular formula is C15H22N2S. The van der Waals surface area contributed by atoms with Crippen LogP contribution in [0, 0.1) is 0 Å². The van der Waals surface area contributed by atoms with E-state index >= 15 is 0 Å². The molecule has 0 amide bonds. The summed E-state index contributed by atoms with van der Waals surface area (Å²) in [5.41, 5.74) is 9.29. The average Bonchev–Trinajstić information content (AvgIpc) is 2.81. The number of thioether (sulfide) groups is 1. The highest BCUT2D eigenvalue weighted by Gasteiger charge is 2.43. The minimum atomic E-state index is 0.195. The van der Waals surface area contributed by atoms with Crippen molar-refractivity contribution in [1.82, 2.24) is 0 Å². The third-order valence-electron chi connectivity index (χ3n) is 4.37. The molecule has 1 aromatic rings. The van der Waals surface area contributed by atoms with Crippen LogP contribution in [0.15, 0.2) is 24.3 Å². The lowest BCUT2D eigenvalue weighted by atomic mass is 9.89. The summed E-state index contributed by atoms with van der Waals surface area (Å²) in [6.45, 7) is 4.28. The van der Waals surface area contributed by atoms with Crippen LogP contribution < -0.4 is 10.6 Å². The van der Waals surface area contributed by atoms with Crippen LogP contribution in [-0.4, -0.2) is 29.6 Å². The predicted octanol–water partition coefficient (Wildman–Crippen LogP) is 2.66. The lowest BCUT2D eigenvalue weighted by Gasteiger charge is -2.45. The molecule has 3 heteroatoms. The topological polar surface area (TPSA) is 29.3 Å². The summed E-state index contributed by atoms with van der Waals surface area (Å²) in [5.74, 6) is 1.18. The summed E-state index contributed by atoms with van der Waals surface area (Å²) in [6.07, 6.45) is 3.70. The number of aryl methyl sites for hydroxylation is 1. The number of anilines is 1. The van der Waals surface area contributed by atoms with Crippen molar-refractivity contribution in [3.8, 4) is 0 Å². The zero-order valence-corrected chi connectivity index (χ0v) is 11.9. The van der Waals surface area contributed by atoms with E-state index in [1.54, 1.807) is 0 Å². The first-order chi connectivity index (χ1) is 8.75. The number of para-hydroxylation sites is 1. The molecule has 0 aromatic heterocycles. The number of nitrogens with zero attached hydrogens (tertiary/aromatic N) is 1. The van der Waals surface area contributed by atoms with Crippen molar-refractivity contribution in [2.24, 2.45) is 5.73 Å². The van der Waals surface area contributed by atoms with Gasteiger partial charge in [0, 0.05) is 29.8 Å². The number of nitrogens with two attached hydrogens (primary N) is 1. The van der Waals surface area contributed by atoms with Gasteiger partial charge in [0.2, 0.25) is 0 Å². The summed E-state index contributed by atoms with van der Waals surface area (Å²) in [6, 6.07) is 8.87. The van der Waals surface area contributed by atoms with Gasteiger partial charge in [0.1, 0.15) is 0 Å². The number of hydrogen-bond donors (Lipinski definition) is 1. The molecule has 2 heterocycles. The van der Waals surface area contributed by atoms with Crippen LogP contribution in [0.2, 0.25) is 0 Å². The molecule has 0 spiro atoms. The van der Waals surface area contributed by atoms with E-state index in [4.69, 9.17) is 5.73 Å². The van der Waals surface area contributed by atoms with Crippen LogP contribution >= 0.6 is 11.8 Å². The Morgan fingerprint density at radius 1 is 1.44 bits per heavy atom. The molecule has 0 aliphatic carbocycles. The fourth-order valence-corrected chi connectivity index (χ4v) is 4.83. The molecule has 18 heavy (non-hydrogen) atoms. The zero-order chi connectivity index (χ0) is 12.6. The molecule has 2 N–H and O–H groups in total. The van der Waals surface area contributed by atoms with Gasteiger partial charge in [-0.2, -0.15) is 11.8 Å². The van der Waals surface area contributed by atoms with E-state index in [0.29, 0.717) is 0 Å². The third kappa shape index (κ3) is 1.94. The van der Waals surface area contributed by atoms with Gasteiger partial charge < -0.3 is 10.6 Å². The second-order valence-electron chi connectivity index (χ2n) is 5.64. The van der Waals surface area contributed by atoms with Gasteiger partial charge in [0.15, 0.2) is 0 Å². The minimum absolute atomic E-state index is 0.195. The van der Waals surface area contributed by atoms with Gasteiger partial charge in [-0.15, -0.1) is 0 Å². The maximum absolute atomic E-state index is 6.16. The van der Waals surface area contributed by atoms with Gasteiger partial charge in [-0.25, -0.2) is 0 Å². The molecule has 1 saturated heterocycles.